The SMILES string of the molecule is CC[C@@H]([C@@H](C)NC(=O)OCc1ccccc1)[C@@H](O[Si](C)(C)C(C)(C)C)c1ccccc1. The fourth-order valence-corrected chi connectivity index (χ4v) is 4.73. The third kappa shape index (κ3) is 7.22. The molecule has 3 atom stereocenters. The van der Waals surface area contributed by atoms with Gasteiger partial charge < -0.3 is 14.5 Å². The van der Waals surface area contributed by atoms with E-state index in [2.05, 4.69) is 70.4 Å². The molecule has 4 nitrogen and oxygen atoms in total. The Kier molecular flexibility index (Phi) is 8.89. The summed E-state index contributed by atoms with van der Waals surface area (Å²) in [6.45, 7) is 15.8. The summed E-state index contributed by atoms with van der Waals surface area (Å²) in [5.74, 6) is 0.126. The van der Waals surface area contributed by atoms with Crippen molar-refractivity contribution in [3.8, 4) is 0 Å². The molecule has 1 N–H and O–H groups in total. The summed E-state index contributed by atoms with van der Waals surface area (Å²) in [6.07, 6.45) is 0.402. The maximum atomic E-state index is 12.5. The lowest BCUT2D eigenvalue weighted by molar-refractivity contribution is 0.0859. The Labute approximate surface area is 189 Å². The highest BCUT2D eigenvalue weighted by molar-refractivity contribution is 6.74. The van der Waals surface area contributed by atoms with E-state index >= 15 is 0 Å². The van der Waals surface area contributed by atoms with E-state index in [9.17, 15) is 4.79 Å². The molecule has 0 aromatic heterocycles. The first kappa shape index (κ1) is 25.2. The zero-order chi connectivity index (χ0) is 23.1. The average molecular weight is 442 g/mol. The van der Waals surface area contributed by atoms with Crippen LogP contribution in [0.2, 0.25) is 18.1 Å². The number of ether oxygens (including phenoxy) is 1. The van der Waals surface area contributed by atoms with Crippen LogP contribution in [0, 0.1) is 5.92 Å². The van der Waals surface area contributed by atoms with Crippen molar-refractivity contribution in [2.45, 2.75) is 77.9 Å². The number of alkyl carbamates (subject to hydrolysis) is 1. The third-order valence-electron chi connectivity index (χ3n) is 6.42. The van der Waals surface area contributed by atoms with E-state index in [0.29, 0.717) is 0 Å². The number of carbonyl (C=O) groups is 1. The van der Waals surface area contributed by atoms with Gasteiger partial charge in [0.2, 0.25) is 0 Å². The molecule has 0 aliphatic rings. The molecule has 31 heavy (non-hydrogen) atoms. The first-order chi connectivity index (χ1) is 14.5. The molecule has 1 amide bonds. The third-order valence-corrected chi connectivity index (χ3v) is 10.9. The van der Waals surface area contributed by atoms with Crippen LogP contribution >= 0.6 is 0 Å². The Balaban J connectivity index is 2.15. The van der Waals surface area contributed by atoms with E-state index in [1.54, 1.807) is 0 Å². The van der Waals surface area contributed by atoms with Crippen molar-refractivity contribution >= 4 is 14.4 Å². The number of carbonyl (C=O) groups excluding carboxylic acids is 1. The molecule has 0 spiro atoms. The van der Waals surface area contributed by atoms with E-state index in [1.807, 2.05) is 43.3 Å². The highest BCUT2D eigenvalue weighted by Gasteiger charge is 2.42. The van der Waals surface area contributed by atoms with E-state index in [-0.39, 0.29) is 29.7 Å². The van der Waals surface area contributed by atoms with Crippen molar-refractivity contribution in [2.24, 2.45) is 5.92 Å². The summed E-state index contributed by atoms with van der Waals surface area (Å²) in [6, 6.07) is 20.0. The Morgan fingerprint density at radius 2 is 1.55 bits per heavy atom. The van der Waals surface area contributed by atoms with Crippen LogP contribution in [0.15, 0.2) is 60.7 Å². The molecule has 0 fully saturated rings. The van der Waals surface area contributed by atoms with Gasteiger partial charge in [-0.2, -0.15) is 0 Å². The van der Waals surface area contributed by atoms with Crippen molar-refractivity contribution < 1.29 is 14.0 Å². The molecule has 2 aromatic rings. The van der Waals surface area contributed by atoms with E-state index in [1.165, 1.54) is 0 Å². The molecule has 0 aliphatic heterocycles. The summed E-state index contributed by atoms with van der Waals surface area (Å²) >= 11 is 0. The van der Waals surface area contributed by atoms with Gasteiger partial charge in [0.05, 0.1) is 6.10 Å². The topological polar surface area (TPSA) is 47.6 Å². The van der Waals surface area contributed by atoms with Crippen LogP contribution in [0.1, 0.15) is 58.3 Å². The molecule has 2 rings (SSSR count). The Morgan fingerprint density at radius 3 is 2.06 bits per heavy atom. The average Bonchev–Trinajstić information content (AvgIpc) is 2.72. The van der Waals surface area contributed by atoms with E-state index in [0.717, 1.165) is 17.5 Å². The number of benzene rings is 2. The lowest BCUT2D eigenvalue weighted by atomic mass is 9.88. The number of nitrogens with one attached hydrogen (secondary N) is 1. The van der Waals surface area contributed by atoms with Crippen LogP contribution in [-0.2, 0) is 15.8 Å². The molecule has 5 heteroatoms. The largest absolute Gasteiger partial charge is 0.445 e. The number of amides is 1. The van der Waals surface area contributed by atoms with Gasteiger partial charge in [-0.05, 0) is 42.6 Å². The van der Waals surface area contributed by atoms with Crippen LogP contribution in [0.4, 0.5) is 4.79 Å². The fraction of sp³-hybridized carbons (Fsp3) is 0.500. The lowest BCUT2D eigenvalue weighted by Gasteiger charge is -2.42. The molecule has 0 aliphatic carbocycles. The molecule has 0 saturated carbocycles. The summed E-state index contributed by atoms with van der Waals surface area (Å²) < 4.78 is 12.4. The van der Waals surface area contributed by atoms with Gasteiger partial charge in [-0.3, -0.25) is 0 Å². The summed E-state index contributed by atoms with van der Waals surface area (Å²) in [5, 5.41) is 3.15. The normalized spacial score (nSPS) is 15.1. The van der Waals surface area contributed by atoms with Crippen molar-refractivity contribution in [1.29, 1.82) is 0 Å². The first-order valence-electron chi connectivity index (χ1n) is 11.2. The van der Waals surface area contributed by atoms with Gasteiger partial charge in [0.15, 0.2) is 8.32 Å². The van der Waals surface area contributed by atoms with Crippen LogP contribution in [0.25, 0.3) is 0 Å². The van der Waals surface area contributed by atoms with Crippen LogP contribution in [-0.4, -0.2) is 20.5 Å². The maximum absolute atomic E-state index is 12.5. The molecular formula is C26H39NO3Si. The molecule has 0 radical (unpaired) electrons. The number of hydrogen-bond acceptors (Lipinski definition) is 3. The minimum absolute atomic E-state index is 0.0866. The Hall–Kier alpha value is -2.11. The highest BCUT2D eigenvalue weighted by atomic mass is 28.4. The van der Waals surface area contributed by atoms with Gasteiger partial charge in [-0.1, -0.05) is 88.4 Å². The van der Waals surface area contributed by atoms with Crippen LogP contribution in [0.3, 0.4) is 0 Å². The highest BCUT2D eigenvalue weighted by Crippen LogP contribution is 2.42. The zero-order valence-corrected chi connectivity index (χ0v) is 21.1. The van der Waals surface area contributed by atoms with Gasteiger partial charge in [0.25, 0.3) is 0 Å². The monoisotopic (exact) mass is 441 g/mol. The van der Waals surface area contributed by atoms with Crippen molar-refractivity contribution in [3.05, 3.63) is 71.8 Å². The summed E-state index contributed by atoms with van der Waals surface area (Å²) in [7, 11) is -2.02. The molecular weight excluding hydrogens is 402 g/mol. The number of rotatable bonds is 9. The molecule has 0 heterocycles. The molecule has 2 aromatic carbocycles. The summed E-state index contributed by atoms with van der Waals surface area (Å²) in [5.41, 5.74) is 2.13. The predicted molar refractivity (Wildman–Crippen MR) is 130 cm³/mol. The van der Waals surface area contributed by atoms with Crippen LogP contribution < -0.4 is 5.32 Å². The standard InChI is InChI=1S/C26H39NO3Si/c1-8-23(20(2)27-25(28)29-19-21-15-11-9-12-16-21)24(22-17-13-10-14-18-22)30-31(6,7)26(3,4)5/h9-18,20,23-24H,8,19H2,1-7H3,(H,27,28)/t20-,23+,24+/m1/s1. The van der Waals surface area contributed by atoms with Gasteiger partial charge in [0.1, 0.15) is 6.61 Å². The van der Waals surface area contributed by atoms with Crippen molar-refractivity contribution in [2.75, 3.05) is 0 Å². The summed E-state index contributed by atoms with van der Waals surface area (Å²) in [4.78, 5) is 12.5. The van der Waals surface area contributed by atoms with Gasteiger partial charge >= 0.3 is 6.09 Å². The zero-order valence-electron chi connectivity index (χ0n) is 20.1. The molecule has 0 unspecified atom stereocenters. The van der Waals surface area contributed by atoms with Crippen molar-refractivity contribution in [3.63, 3.8) is 0 Å². The molecule has 0 saturated heterocycles. The smallest absolute Gasteiger partial charge is 0.407 e. The minimum atomic E-state index is -2.02. The quantitative estimate of drug-likeness (QED) is 0.423. The van der Waals surface area contributed by atoms with Gasteiger partial charge in [-0.15, -0.1) is 0 Å². The second-order valence-electron chi connectivity index (χ2n) is 9.78. The van der Waals surface area contributed by atoms with E-state index < -0.39 is 14.4 Å². The van der Waals surface area contributed by atoms with Gasteiger partial charge in [-0.25, -0.2) is 4.79 Å². The second-order valence-corrected chi connectivity index (χ2v) is 14.5. The predicted octanol–water partition coefficient (Wildman–Crippen LogP) is 7.09. The number of hydrogen-bond donors (Lipinski definition) is 1. The fourth-order valence-electron chi connectivity index (χ4n) is 3.43. The van der Waals surface area contributed by atoms with E-state index in [4.69, 9.17) is 9.16 Å². The first-order valence-corrected chi connectivity index (χ1v) is 14.2. The Morgan fingerprint density at radius 1 is 1.00 bits per heavy atom. The van der Waals surface area contributed by atoms with Crippen molar-refractivity contribution in [1.82, 2.24) is 5.32 Å². The second kappa shape index (κ2) is 11.0. The molecule has 170 valence electrons. The Bertz CT molecular complexity index is 802. The van der Waals surface area contributed by atoms with Crippen LogP contribution in [0.5, 0.6) is 0 Å². The maximum Gasteiger partial charge on any atom is 0.407 e. The molecule has 0 bridgehead atoms. The lowest BCUT2D eigenvalue weighted by Crippen LogP contribution is -2.46. The van der Waals surface area contributed by atoms with Gasteiger partial charge in [0, 0.05) is 12.0 Å². The minimum Gasteiger partial charge on any atom is -0.445 e.